The maximum Gasteiger partial charge on any atom is 0.253 e. The monoisotopic (exact) mass is 419 g/mol. The highest BCUT2D eigenvalue weighted by molar-refractivity contribution is 6.05. The third-order valence-corrected chi connectivity index (χ3v) is 4.63. The summed E-state index contributed by atoms with van der Waals surface area (Å²) in [5, 5.41) is 5.95. The van der Waals surface area contributed by atoms with Gasteiger partial charge in [-0.05, 0) is 43.3 Å². The first kappa shape index (κ1) is 24.5. The number of hydrogen-bond acceptors (Lipinski definition) is 4. The first-order valence-corrected chi connectivity index (χ1v) is 9.40. The van der Waals surface area contributed by atoms with Crippen LogP contribution in [0.1, 0.15) is 22.8 Å². The third kappa shape index (κ3) is 6.76. The fourth-order valence-electron chi connectivity index (χ4n) is 3.01. The second-order valence-corrected chi connectivity index (χ2v) is 6.73. The number of benzene rings is 2. The lowest BCUT2D eigenvalue weighted by Crippen LogP contribution is -2.37. The normalized spacial score (nSPS) is 11.2. The predicted octanol–water partition coefficient (Wildman–Crippen LogP) is 2.91. The highest BCUT2D eigenvalue weighted by atomic mass is 35.5. The first-order valence-electron chi connectivity index (χ1n) is 9.40. The van der Waals surface area contributed by atoms with Crippen molar-refractivity contribution in [1.82, 2.24) is 10.6 Å². The smallest absolute Gasteiger partial charge is 0.253 e. The van der Waals surface area contributed by atoms with Crippen molar-refractivity contribution in [2.24, 2.45) is 5.92 Å². The average Bonchev–Trinajstić information content (AvgIpc) is 2.73. The summed E-state index contributed by atoms with van der Waals surface area (Å²) in [6.07, 6.45) is 0.714. The molecule has 158 valence electrons. The number of halogens is 1. The van der Waals surface area contributed by atoms with Crippen molar-refractivity contribution in [3.63, 3.8) is 0 Å². The molecule has 2 rings (SSSR count). The fourth-order valence-corrected chi connectivity index (χ4v) is 3.01. The van der Waals surface area contributed by atoms with Crippen LogP contribution >= 0.6 is 12.4 Å². The zero-order chi connectivity index (χ0) is 20.5. The molecule has 0 spiro atoms. The number of carbonyl (C=O) groups excluding carboxylic acids is 2. The van der Waals surface area contributed by atoms with Crippen LogP contribution in [0.4, 0.5) is 5.69 Å². The SMILES string of the molecule is CNCC(C)C(=O)N(C)c1ccccc1C(=O)NCCc1ccc(OC)cc1.Cl. The minimum Gasteiger partial charge on any atom is -0.497 e. The number of methoxy groups -OCH3 is 1. The van der Waals surface area contributed by atoms with Gasteiger partial charge in [0, 0.05) is 26.1 Å². The van der Waals surface area contributed by atoms with Crippen LogP contribution in [0.25, 0.3) is 0 Å². The number of nitrogens with zero attached hydrogens (tertiary/aromatic N) is 1. The molecular formula is C22H30ClN3O3. The van der Waals surface area contributed by atoms with Gasteiger partial charge in [-0.3, -0.25) is 9.59 Å². The van der Waals surface area contributed by atoms with Crippen LogP contribution in [0.5, 0.6) is 5.75 Å². The molecule has 0 fully saturated rings. The minimum atomic E-state index is -0.190. The summed E-state index contributed by atoms with van der Waals surface area (Å²) in [5.41, 5.74) is 2.21. The van der Waals surface area contributed by atoms with Gasteiger partial charge in [-0.2, -0.15) is 0 Å². The maximum absolute atomic E-state index is 12.7. The Morgan fingerprint density at radius 3 is 2.38 bits per heavy atom. The van der Waals surface area contributed by atoms with Gasteiger partial charge in [-0.15, -0.1) is 12.4 Å². The van der Waals surface area contributed by atoms with E-state index in [0.29, 0.717) is 30.8 Å². The van der Waals surface area contributed by atoms with Gasteiger partial charge < -0.3 is 20.3 Å². The van der Waals surface area contributed by atoms with Gasteiger partial charge in [0.15, 0.2) is 0 Å². The van der Waals surface area contributed by atoms with E-state index in [1.54, 1.807) is 37.3 Å². The Labute approximate surface area is 179 Å². The predicted molar refractivity (Wildman–Crippen MR) is 119 cm³/mol. The molecule has 0 aliphatic heterocycles. The molecule has 1 unspecified atom stereocenters. The summed E-state index contributed by atoms with van der Waals surface area (Å²) in [5.74, 6) is 0.404. The number of amides is 2. The minimum absolute atomic E-state index is 0. The van der Waals surface area contributed by atoms with Crippen molar-refractivity contribution in [3.05, 3.63) is 59.7 Å². The van der Waals surface area contributed by atoms with E-state index in [4.69, 9.17) is 4.74 Å². The largest absolute Gasteiger partial charge is 0.497 e. The van der Waals surface area contributed by atoms with E-state index in [2.05, 4.69) is 10.6 Å². The quantitative estimate of drug-likeness (QED) is 0.655. The van der Waals surface area contributed by atoms with E-state index in [0.717, 1.165) is 11.3 Å². The molecule has 2 N–H and O–H groups in total. The van der Waals surface area contributed by atoms with Crippen LogP contribution in [-0.2, 0) is 11.2 Å². The van der Waals surface area contributed by atoms with Crippen molar-refractivity contribution < 1.29 is 14.3 Å². The van der Waals surface area contributed by atoms with Crippen molar-refractivity contribution in [3.8, 4) is 5.75 Å². The molecule has 7 heteroatoms. The number of hydrogen-bond donors (Lipinski definition) is 2. The Hall–Kier alpha value is -2.57. The summed E-state index contributed by atoms with van der Waals surface area (Å²) in [7, 11) is 5.15. The topological polar surface area (TPSA) is 70.7 Å². The molecule has 2 aromatic rings. The first-order chi connectivity index (χ1) is 13.5. The lowest BCUT2D eigenvalue weighted by molar-refractivity contribution is -0.121. The molecule has 0 aliphatic rings. The van der Waals surface area contributed by atoms with Crippen molar-refractivity contribution >= 4 is 29.9 Å². The molecule has 0 bridgehead atoms. The van der Waals surface area contributed by atoms with Gasteiger partial charge >= 0.3 is 0 Å². The molecule has 0 saturated heterocycles. The van der Waals surface area contributed by atoms with E-state index >= 15 is 0 Å². The molecule has 0 heterocycles. The third-order valence-electron chi connectivity index (χ3n) is 4.63. The Balaban J connectivity index is 0.00000420. The lowest BCUT2D eigenvalue weighted by Gasteiger charge is -2.23. The number of rotatable bonds is 9. The molecule has 0 aromatic heterocycles. The second-order valence-electron chi connectivity index (χ2n) is 6.73. The van der Waals surface area contributed by atoms with E-state index < -0.39 is 0 Å². The molecule has 0 saturated carbocycles. The molecule has 6 nitrogen and oxygen atoms in total. The van der Waals surface area contributed by atoms with E-state index in [1.807, 2.05) is 44.3 Å². The van der Waals surface area contributed by atoms with Gasteiger partial charge in [0.1, 0.15) is 5.75 Å². The van der Waals surface area contributed by atoms with Gasteiger partial charge in [-0.1, -0.05) is 31.2 Å². The maximum atomic E-state index is 12.7. The van der Waals surface area contributed by atoms with Crippen LogP contribution in [0.15, 0.2) is 48.5 Å². The number of para-hydroxylation sites is 1. The van der Waals surface area contributed by atoms with Gasteiger partial charge in [0.05, 0.1) is 18.4 Å². The summed E-state index contributed by atoms with van der Waals surface area (Å²) < 4.78 is 5.15. The summed E-state index contributed by atoms with van der Waals surface area (Å²) >= 11 is 0. The Kier molecular flexibility index (Phi) is 10.2. The number of carbonyl (C=O) groups is 2. The fraction of sp³-hybridized carbons (Fsp3) is 0.364. The van der Waals surface area contributed by atoms with Crippen molar-refractivity contribution in [2.45, 2.75) is 13.3 Å². The van der Waals surface area contributed by atoms with Crippen LogP contribution in [-0.4, -0.2) is 46.1 Å². The Morgan fingerprint density at radius 1 is 1.10 bits per heavy atom. The van der Waals surface area contributed by atoms with E-state index in [9.17, 15) is 9.59 Å². The summed E-state index contributed by atoms with van der Waals surface area (Å²) in [4.78, 5) is 26.9. The highest BCUT2D eigenvalue weighted by Gasteiger charge is 2.22. The van der Waals surface area contributed by atoms with Crippen LogP contribution in [0.3, 0.4) is 0 Å². The van der Waals surface area contributed by atoms with Gasteiger partial charge in [0.25, 0.3) is 5.91 Å². The summed E-state index contributed by atoms with van der Waals surface area (Å²) in [6.45, 7) is 2.96. The van der Waals surface area contributed by atoms with Crippen LogP contribution in [0.2, 0.25) is 0 Å². The average molecular weight is 420 g/mol. The molecule has 0 radical (unpaired) electrons. The van der Waals surface area contributed by atoms with E-state index in [-0.39, 0.29) is 30.1 Å². The van der Waals surface area contributed by atoms with Crippen LogP contribution < -0.4 is 20.3 Å². The van der Waals surface area contributed by atoms with Gasteiger partial charge in [0.2, 0.25) is 5.91 Å². The van der Waals surface area contributed by atoms with Crippen LogP contribution in [0, 0.1) is 5.92 Å². The Bertz CT molecular complexity index is 796. The molecule has 1 atom stereocenters. The molecule has 0 aliphatic carbocycles. The number of anilines is 1. The van der Waals surface area contributed by atoms with E-state index in [1.165, 1.54) is 0 Å². The standard InChI is InChI=1S/C22H29N3O3.ClH/c1-16(15-23-2)22(27)25(3)20-8-6-5-7-19(20)21(26)24-14-13-17-9-11-18(28-4)12-10-17;/h5-12,16,23H,13-15H2,1-4H3,(H,24,26);1H. The summed E-state index contributed by atoms with van der Waals surface area (Å²) in [6, 6.07) is 14.9. The molecule has 2 amide bonds. The molecular weight excluding hydrogens is 390 g/mol. The molecule has 29 heavy (non-hydrogen) atoms. The number of nitrogens with one attached hydrogen (secondary N) is 2. The molecule has 2 aromatic carbocycles. The van der Waals surface area contributed by atoms with Crippen molar-refractivity contribution in [1.29, 1.82) is 0 Å². The second kappa shape index (κ2) is 12.1. The zero-order valence-electron chi connectivity index (χ0n) is 17.4. The highest BCUT2D eigenvalue weighted by Crippen LogP contribution is 2.21. The van der Waals surface area contributed by atoms with Gasteiger partial charge in [-0.25, -0.2) is 0 Å². The Morgan fingerprint density at radius 2 is 1.76 bits per heavy atom. The number of ether oxygens (including phenoxy) is 1. The van der Waals surface area contributed by atoms with Crippen molar-refractivity contribution in [2.75, 3.05) is 39.2 Å². The lowest BCUT2D eigenvalue weighted by atomic mass is 10.1. The zero-order valence-corrected chi connectivity index (χ0v) is 18.2.